The van der Waals surface area contributed by atoms with E-state index in [9.17, 15) is 0 Å². The largest absolute Gasteiger partial charge is 0.410 e. The van der Waals surface area contributed by atoms with Crippen LogP contribution in [-0.4, -0.2) is 15.0 Å². The fourth-order valence-electron chi connectivity index (χ4n) is 0.392. The van der Waals surface area contributed by atoms with Gasteiger partial charge in [-0.05, 0) is 0 Å². The molecular weight excluding hydrogens is 1070 g/mol. The van der Waals surface area contributed by atoms with E-state index < -0.39 is 0 Å². The average Bonchev–Trinajstić information content (AvgIpc) is 1.59. The maximum atomic E-state index is 6.81. The second kappa shape index (κ2) is 12.7. The number of nitrogens with two attached hydrogens (primary N) is 1. The topological polar surface area (TPSA) is 112 Å². The van der Waals surface area contributed by atoms with Crippen molar-refractivity contribution < 1.29 is 124 Å². The molecule has 13 heavy (non-hydrogen) atoms. The maximum absolute atomic E-state index is 6.81. The molecule has 1 aromatic rings. The molecule has 1 heterocycles. The predicted molar refractivity (Wildman–Crippen MR) is 32.2 cm³/mol. The molecule has 0 aromatic carbocycles. The first-order chi connectivity index (χ1) is 4.18. The van der Waals surface area contributed by atoms with Crippen molar-refractivity contribution in [3.8, 4) is 0 Å². The number of hydrogen-bond donors (Lipinski definition) is 1. The molecule has 0 atom stereocenters. The van der Waals surface area contributed by atoms with Crippen LogP contribution in [-0.2, 0) is 0 Å². The molecule has 4 N–H and O–H groups in total. The Morgan fingerprint density at radius 2 is 1.08 bits per heavy atom. The SMILES string of the molecule is [NH-]c1nc([NH-])nc(N)n1.[U].[U].[U].[U]. The molecule has 1 rings (SSSR count). The van der Waals surface area contributed by atoms with Crippen LogP contribution in [0.4, 0.5) is 17.8 Å². The zero-order valence-electron chi connectivity index (χ0n) is 6.42. The summed E-state index contributed by atoms with van der Waals surface area (Å²) >= 11 is 0. The summed E-state index contributed by atoms with van der Waals surface area (Å²) in [6.07, 6.45) is 0. The number of nitrogens with zero attached hydrogens (tertiary/aromatic N) is 3. The Balaban J connectivity index is -0.000000101. The number of hydrogen-bond acceptors (Lipinski definition) is 4. The predicted octanol–water partition coefficient (Wildman–Crippen LogP) is 0.821. The van der Waals surface area contributed by atoms with Crippen LogP contribution >= 0.6 is 0 Å². The average molecular weight is 1080 g/mol. The van der Waals surface area contributed by atoms with Crippen LogP contribution in [0.2, 0.25) is 0 Å². The Morgan fingerprint density at radius 1 is 0.769 bits per heavy atom. The van der Waals surface area contributed by atoms with Gasteiger partial charge in [0.2, 0.25) is 0 Å². The second-order valence-corrected chi connectivity index (χ2v) is 1.34. The molecule has 0 amide bonds. The van der Waals surface area contributed by atoms with Gasteiger partial charge in [0.15, 0.2) is 0 Å². The fraction of sp³-hybridized carbons (Fsp3) is 0. The summed E-state index contributed by atoms with van der Waals surface area (Å²) in [5.41, 5.74) is 18.7. The van der Waals surface area contributed by atoms with Crippen LogP contribution in [0.5, 0.6) is 0 Å². The Morgan fingerprint density at radius 3 is 1.31 bits per heavy atom. The molecule has 64 valence electrons. The molecule has 0 unspecified atom stereocenters. The summed E-state index contributed by atoms with van der Waals surface area (Å²) in [6.45, 7) is 0. The van der Waals surface area contributed by atoms with Gasteiger partial charge >= 0.3 is 0 Å². The third kappa shape index (κ3) is 10.9. The molecule has 10 heteroatoms. The van der Waals surface area contributed by atoms with Gasteiger partial charge in [-0.1, -0.05) is 0 Å². The van der Waals surface area contributed by atoms with Gasteiger partial charge in [-0.2, -0.15) is 0 Å². The minimum Gasteiger partial charge on any atom is -0.410 e. The van der Waals surface area contributed by atoms with Gasteiger partial charge in [-0.3, -0.25) is 0 Å². The molecule has 0 radical (unpaired) electrons. The zero-order chi connectivity index (χ0) is 6.85. The standard InChI is InChI=1S/C3H4N6.4U/c4-1-7-2(5)9-3(6)8-1;;;;/h(H4-2,4,5,6,7,8,9);;;;/q-2;;;;. The number of nitrogen functional groups attached to an aromatic ring is 1. The first kappa shape index (κ1) is 24.7. The molecular formula is C3H4N6U4-2. The van der Waals surface area contributed by atoms with Crippen molar-refractivity contribution in [3.05, 3.63) is 11.5 Å². The van der Waals surface area contributed by atoms with Gasteiger partial charge in [0.25, 0.3) is 0 Å². The van der Waals surface area contributed by atoms with E-state index in [2.05, 4.69) is 15.0 Å². The van der Waals surface area contributed by atoms with Gasteiger partial charge in [0, 0.05) is 136 Å². The van der Waals surface area contributed by atoms with Gasteiger partial charge in [-0.15, -0.1) is 0 Å². The first-order valence-electron chi connectivity index (χ1n) is 2.13. The smallest absolute Gasteiger partial charge is 0.0744 e. The van der Waals surface area contributed by atoms with E-state index in [1.807, 2.05) is 0 Å². The van der Waals surface area contributed by atoms with E-state index in [4.69, 9.17) is 17.2 Å². The van der Waals surface area contributed by atoms with Crippen LogP contribution in [0.15, 0.2) is 0 Å². The number of nitrogens with one attached hydrogen (secondary N) is 2. The van der Waals surface area contributed by atoms with E-state index in [-0.39, 0.29) is 142 Å². The van der Waals surface area contributed by atoms with Crippen molar-refractivity contribution in [2.24, 2.45) is 0 Å². The number of aromatic nitrogens is 3. The molecule has 0 aliphatic heterocycles. The summed E-state index contributed by atoms with van der Waals surface area (Å²) in [4.78, 5) is 9.94. The molecule has 1 aromatic heterocycles. The third-order valence-corrected chi connectivity index (χ3v) is 0.653. The fourth-order valence-corrected chi connectivity index (χ4v) is 0.392. The van der Waals surface area contributed by atoms with E-state index >= 15 is 0 Å². The van der Waals surface area contributed by atoms with Crippen molar-refractivity contribution >= 4 is 17.8 Å². The van der Waals surface area contributed by atoms with Crippen molar-refractivity contribution in [2.45, 2.75) is 0 Å². The number of anilines is 1. The molecule has 0 spiro atoms. The Bertz CT molecular complexity index is 181. The first-order valence-corrected chi connectivity index (χ1v) is 2.13. The summed E-state index contributed by atoms with van der Waals surface area (Å²) in [5.74, 6) is -0.625. The van der Waals surface area contributed by atoms with E-state index in [0.717, 1.165) is 0 Å². The minimum atomic E-state index is -0.271. The van der Waals surface area contributed by atoms with Crippen LogP contribution in [0.25, 0.3) is 11.5 Å². The van der Waals surface area contributed by atoms with Crippen molar-refractivity contribution in [1.29, 1.82) is 0 Å². The molecule has 6 nitrogen and oxygen atoms in total. The summed E-state index contributed by atoms with van der Waals surface area (Å²) in [5, 5.41) is 0. The van der Waals surface area contributed by atoms with Crippen LogP contribution in [0, 0.1) is 124 Å². The van der Waals surface area contributed by atoms with E-state index in [1.165, 1.54) is 0 Å². The maximum Gasteiger partial charge on any atom is 0.0744 e. The summed E-state index contributed by atoms with van der Waals surface area (Å²) in [6, 6.07) is 0. The van der Waals surface area contributed by atoms with Gasteiger partial charge in [-0.25, -0.2) is 0 Å². The molecule has 0 aliphatic rings. The summed E-state index contributed by atoms with van der Waals surface area (Å²) < 4.78 is 0. The van der Waals surface area contributed by atoms with Crippen LogP contribution < -0.4 is 5.73 Å². The Hall–Kier alpha value is 2.62. The monoisotopic (exact) mass is 1080 g/mol. The normalized spacial score (nSPS) is 6.46. The van der Waals surface area contributed by atoms with Crippen LogP contribution in [0.3, 0.4) is 0 Å². The van der Waals surface area contributed by atoms with Gasteiger partial charge < -0.3 is 32.2 Å². The molecule has 0 saturated carbocycles. The van der Waals surface area contributed by atoms with Crippen molar-refractivity contribution in [3.63, 3.8) is 0 Å². The zero-order valence-corrected chi connectivity index (χ0v) is 23.1. The van der Waals surface area contributed by atoms with Crippen molar-refractivity contribution in [2.75, 3.05) is 5.73 Å². The van der Waals surface area contributed by atoms with Crippen molar-refractivity contribution in [1.82, 2.24) is 15.0 Å². The Labute approximate surface area is 171 Å². The summed E-state index contributed by atoms with van der Waals surface area (Å²) in [7, 11) is 0. The van der Waals surface area contributed by atoms with E-state index in [0.29, 0.717) is 0 Å². The minimum absolute atomic E-state index is 0. The number of rotatable bonds is 0. The second-order valence-electron chi connectivity index (χ2n) is 1.34. The van der Waals surface area contributed by atoms with E-state index in [1.54, 1.807) is 0 Å². The van der Waals surface area contributed by atoms with Crippen LogP contribution in [0.1, 0.15) is 0 Å². The van der Waals surface area contributed by atoms with Gasteiger partial charge in [0.05, 0.1) is 5.95 Å². The molecule has 0 fully saturated rings. The molecule has 0 saturated heterocycles. The third-order valence-electron chi connectivity index (χ3n) is 0.653. The molecule has 0 bridgehead atoms. The quantitative estimate of drug-likeness (QED) is 0.416. The Kier molecular flexibility index (Phi) is 24.1. The molecule has 0 aliphatic carbocycles. The van der Waals surface area contributed by atoms with Gasteiger partial charge in [0.1, 0.15) is 0 Å².